The number of H-pyrrole nitrogens is 1. The normalized spacial score (nSPS) is 19.4. The predicted octanol–water partition coefficient (Wildman–Crippen LogP) is 0.250. The number of carboxylic acids is 1. The number of imidazole rings is 1. The number of carbonyl (C=O) groups is 1. The van der Waals surface area contributed by atoms with Gasteiger partial charge in [-0.15, -0.1) is 0 Å². The molecular weight excluding hydrogens is 258 g/mol. The first-order valence-electron chi connectivity index (χ1n) is 5.54. The molecule has 1 aliphatic carbocycles. The summed E-state index contributed by atoms with van der Waals surface area (Å²) in [6, 6.07) is 0. The third kappa shape index (κ3) is 2.25. The van der Waals surface area contributed by atoms with Crippen LogP contribution in [-0.4, -0.2) is 35.0 Å². The fourth-order valence-electron chi connectivity index (χ4n) is 1.83. The second kappa shape index (κ2) is 4.06. The lowest BCUT2D eigenvalue weighted by atomic mass is 9.98. The quantitative estimate of drug-likeness (QED) is 0.712. The second-order valence-corrected chi connectivity index (χ2v) is 6.37. The van der Waals surface area contributed by atoms with Crippen molar-refractivity contribution in [1.82, 2.24) is 14.7 Å². The van der Waals surface area contributed by atoms with E-state index in [0.717, 1.165) is 0 Å². The summed E-state index contributed by atoms with van der Waals surface area (Å²) in [6.45, 7) is 3.02. The lowest BCUT2D eigenvalue weighted by Gasteiger charge is -2.25. The molecule has 1 fully saturated rings. The maximum atomic E-state index is 12.1. The molecule has 1 aliphatic rings. The first-order valence-corrected chi connectivity index (χ1v) is 7.03. The maximum Gasteiger partial charge on any atom is 0.324 e. The molecule has 0 saturated heterocycles. The summed E-state index contributed by atoms with van der Waals surface area (Å²) in [4.78, 5) is 17.6. The Kier molecular flexibility index (Phi) is 2.94. The Morgan fingerprint density at radius 1 is 1.61 bits per heavy atom. The van der Waals surface area contributed by atoms with E-state index in [1.54, 1.807) is 6.92 Å². The highest BCUT2D eigenvalue weighted by atomic mass is 32.2. The zero-order valence-electron chi connectivity index (χ0n) is 10.1. The van der Waals surface area contributed by atoms with E-state index in [1.807, 2.05) is 0 Å². The zero-order valence-corrected chi connectivity index (χ0v) is 10.9. The SMILES string of the molecule is Cc1ncc(S(=O)(=O)NC(C)(C(=O)O)C2CC2)[nH]1. The molecule has 8 heteroatoms. The van der Waals surface area contributed by atoms with Gasteiger partial charge in [0.15, 0.2) is 5.03 Å². The minimum absolute atomic E-state index is 0.117. The highest BCUT2D eigenvalue weighted by Crippen LogP contribution is 2.40. The van der Waals surface area contributed by atoms with E-state index in [9.17, 15) is 18.3 Å². The molecule has 3 N–H and O–H groups in total. The summed E-state index contributed by atoms with van der Waals surface area (Å²) >= 11 is 0. The Balaban J connectivity index is 2.29. The molecule has 1 atom stereocenters. The minimum atomic E-state index is -3.90. The van der Waals surface area contributed by atoms with Gasteiger partial charge in [-0.05, 0) is 32.6 Å². The van der Waals surface area contributed by atoms with Gasteiger partial charge in [0, 0.05) is 0 Å². The standard InChI is InChI=1S/C10H15N3O4S/c1-6-11-5-8(12-6)18(16,17)13-10(2,9(14)15)7-3-4-7/h5,7,13H,3-4H2,1-2H3,(H,11,12)(H,14,15). The molecule has 1 aromatic heterocycles. The van der Waals surface area contributed by atoms with Crippen LogP contribution in [0.5, 0.6) is 0 Å². The van der Waals surface area contributed by atoms with E-state index in [-0.39, 0.29) is 10.9 Å². The van der Waals surface area contributed by atoms with Crippen LogP contribution in [0.1, 0.15) is 25.6 Å². The van der Waals surface area contributed by atoms with E-state index in [2.05, 4.69) is 14.7 Å². The Hall–Kier alpha value is -1.41. The number of aromatic nitrogens is 2. The van der Waals surface area contributed by atoms with Gasteiger partial charge >= 0.3 is 5.97 Å². The van der Waals surface area contributed by atoms with Crippen LogP contribution in [0.4, 0.5) is 0 Å². The van der Waals surface area contributed by atoms with Crippen LogP contribution in [-0.2, 0) is 14.8 Å². The number of aliphatic carboxylic acids is 1. The van der Waals surface area contributed by atoms with Crippen LogP contribution >= 0.6 is 0 Å². The van der Waals surface area contributed by atoms with E-state index >= 15 is 0 Å². The Morgan fingerprint density at radius 3 is 2.61 bits per heavy atom. The Morgan fingerprint density at radius 2 is 2.22 bits per heavy atom. The van der Waals surface area contributed by atoms with Gasteiger partial charge in [0.05, 0.1) is 6.20 Å². The third-order valence-electron chi connectivity index (χ3n) is 3.15. The van der Waals surface area contributed by atoms with Gasteiger partial charge in [-0.3, -0.25) is 4.79 Å². The highest BCUT2D eigenvalue weighted by Gasteiger charge is 2.50. The van der Waals surface area contributed by atoms with Gasteiger partial charge in [0.1, 0.15) is 11.4 Å². The van der Waals surface area contributed by atoms with Crippen molar-refractivity contribution in [3.63, 3.8) is 0 Å². The minimum Gasteiger partial charge on any atom is -0.480 e. The third-order valence-corrected chi connectivity index (χ3v) is 4.63. The largest absolute Gasteiger partial charge is 0.480 e. The van der Waals surface area contributed by atoms with Gasteiger partial charge in [-0.25, -0.2) is 13.4 Å². The molecule has 0 radical (unpaired) electrons. The maximum absolute atomic E-state index is 12.1. The molecule has 0 spiro atoms. The fourth-order valence-corrected chi connectivity index (χ4v) is 3.23. The number of rotatable bonds is 5. The van der Waals surface area contributed by atoms with Gasteiger partial charge in [-0.1, -0.05) is 0 Å². The van der Waals surface area contributed by atoms with E-state index < -0.39 is 21.5 Å². The van der Waals surface area contributed by atoms with Crippen LogP contribution in [0, 0.1) is 12.8 Å². The van der Waals surface area contributed by atoms with Gasteiger partial charge in [0.2, 0.25) is 0 Å². The fraction of sp³-hybridized carbons (Fsp3) is 0.600. The molecule has 1 saturated carbocycles. The molecule has 7 nitrogen and oxygen atoms in total. The van der Waals surface area contributed by atoms with E-state index in [0.29, 0.717) is 18.7 Å². The zero-order chi connectivity index (χ0) is 13.6. The number of sulfonamides is 1. The average Bonchev–Trinajstić information content (AvgIpc) is 3.01. The van der Waals surface area contributed by atoms with Crippen molar-refractivity contribution >= 4 is 16.0 Å². The highest BCUT2D eigenvalue weighted by molar-refractivity contribution is 7.89. The van der Waals surface area contributed by atoms with Crippen molar-refractivity contribution in [2.24, 2.45) is 5.92 Å². The number of nitrogens with zero attached hydrogens (tertiary/aromatic N) is 1. The topological polar surface area (TPSA) is 112 Å². The smallest absolute Gasteiger partial charge is 0.324 e. The van der Waals surface area contributed by atoms with Crippen molar-refractivity contribution < 1.29 is 18.3 Å². The monoisotopic (exact) mass is 273 g/mol. The summed E-state index contributed by atoms with van der Waals surface area (Å²) in [7, 11) is -3.90. The summed E-state index contributed by atoms with van der Waals surface area (Å²) in [6.07, 6.45) is 2.60. The molecule has 18 heavy (non-hydrogen) atoms. The lowest BCUT2D eigenvalue weighted by Crippen LogP contribution is -2.53. The average molecular weight is 273 g/mol. The molecule has 1 unspecified atom stereocenters. The molecule has 100 valence electrons. The molecule has 1 heterocycles. The van der Waals surface area contributed by atoms with Crippen molar-refractivity contribution in [3.05, 3.63) is 12.0 Å². The molecule has 2 rings (SSSR count). The van der Waals surface area contributed by atoms with Crippen molar-refractivity contribution in [2.45, 2.75) is 37.3 Å². The molecule has 0 bridgehead atoms. The van der Waals surface area contributed by atoms with Crippen molar-refractivity contribution in [3.8, 4) is 0 Å². The number of aryl methyl sites for hydroxylation is 1. The molecule has 0 aromatic carbocycles. The summed E-state index contributed by atoms with van der Waals surface area (Å²) in [5, 5.41) is 9.09. The number of aromatic amines is 1. The van der Waals surface area contributed by atoms with Gasteiger partial charge < -0.3 is 10.1 Å². The number of nitrogens with one attached hydrogen (secondary N) is 2. The van der Waals surface area contributed by atoms with Crippen molar-refractivity contribution in [2.75, 3.05) is 0 Å². The molecular formula is C10H15N3O4S. The van der Waals surface area contributed by atoms with Gasteiger partial charge in [0.25, 0.3) is 10.0 Å². The summed E-state index contributed by atoms with van der Waals surface area (Å²) < 4.78 is 26.4. The Bertz CT molecular complexity index is 576. The summed E-state index contributed by atoms with van der Waals surface area (Å²) in [5.41, 5.74) is -1.46. The molecule has 1 aromatic rings. The van der Waals surface area contributed by atoms with Crippen LogP contribution < -0.4 is 4.72 Å². The molecule has 0 aliphatic heterocycles. The number of hydrogen-bond acceptors (Lipinski definition) is 4. The van der Waals surface area contributed by atoms with Crippen LogP contribution in [0.3, 0.4) is 0 Å². The van der Waals surface area contributed by atoms with Crippen LogP contribution in [0.15, 0.2) is 11.2 Å². The lowest BCUT2D eigenvalue weighted by molar-refractivity contribution is -0.144. The summed E-state index contributed by atoms with van der Waals surface area (Å²) in [5.74, 6) is -0.863. The van der Waals surface area contributed by atoms with Gasteiger partial charge in [-0.2, -0.15) is 4.72 Å². The van der Waals surface area contributed by atoms with Crippen LogP contribution in [0.2, 0.25) is 0 Å². The van der Waals surface area contributed by atoms with E-state index in [4.69, 9.17) is 0 Å². The first kappa shape index (κ1) is 13.0. The van der Waals surface area contributed by atoms with E-state index in [1.165, 1.54) is 13.1 Å². The number of carboxylic acid groups (broad SMARTS) is 1. The molecule has 0 amide bonds. The Labute approximate surface area is 105 Å². The first-order chi connectivity index (χ1) is 8.25. The number of hydrogen-bond donors (Lipinski definition) is 3. The van der Waals surface area contributed by atoms with Crippen LogP contribution in [0.25, 0.3) is 0 Å². The second-order valence-electron chi connectivity index (χ2n) is 4.72. The van der Waals surface area contributed by atoms with Crippen molar-refractivity contribution in [1.29, 1.82) is 0 Å². The predicted molar refractivity (Wildman–Crippen MR) is 62.4 cm³/mol.